The third-order valence-electron chi connectivity index (χ3n) is 5.51. The zero-order chi connectivity index (χ0) is 19.1. The minimum atomic E-state index is 0.0707. The second kappa shape index (κ2) is 6.83. The first-order chi connectivity index (χ1) is 13.0. The molecule has 1 saturated heterocycles. The van der Waals surface area contributed by atoms with Crippen LogP contribution in [0.1, 0.15) is 66.3 Å². The Labute approximate surface area is 159 Å². The molecule has 142 valence electrons. The van der Waals surface area contributed by atoms with E-state index < -0.39 is 0 Å². The van der Waals surface area contributed by atoms with E-state index >= 15 is 0 Å². The summed E-state index contributed by atoms with van der Waals surface area (Å²) in [6.07, 6.45) is 1.91. The molecule has 3 heterocycles. The minimum absolute atomic E-state index is 0.0707. The Balaban J connectivity index is 1.58. The van der Waals surface area contributed by atoms with E-state index in [1.807, 2.05) is 42.5 Å². The van der Waals surface area contributed by atoms with Gasteiger partial charge in [0, 0.05) is 31.4 Å². The molecule has 1 amide bonds. The van der Waals surface area contributed by atoms with Crippen LogP contribution in [0.4, 0.5) is 0 Å². The number of piperidine rings is 1. The number of fused-ring (bicyclic) bond motifs is 1. The zero-order valence-corrected chi connectivity index (χ0v) is 16.4. The highest BCUT2D eigenvalue weighted by molar-refractivity contribution is 5.99. The van der Waals surface area contributed by atoms with Crippen LogP contribution >= 0.6 is 0 Å². The number of hydrogen-bond acceptors (Lipinski definition) is 4. The van der Waals surface area contributed by atoms with Gasteiger partial charge in [-0.3, -0.25) is 4.79 Å². The maximum atomic E-state index is 13.2. The molecule has 1 aliphatic heterocycles. The summed E-state index contributed by atoms with van der Waals surface area (Å²) in [4.78, 5) is 19.7. The minimum Gasteiger partial charge on any atom is -0.339 e. The number of rotatable bonds is 3. The van der Waals surface area contributed by atoms with Crippen molar-refractivity contribution < 1.29 is 9.32 Å². The lowest BCUT2D eigenvalue weighted by Gasteiger charge is -2.31. The highest BCUT2D eigenvalue weighted by Crippen LogP contribution is 2.29. The molecule has 0 radical (unpaired) electrons. The van der Waals surface area contributed by atoms with Crippen LogP contribution in [0, 0.1) is 6.92 Å². The molecular weight excluding hydrogens is 340 g/mol. The molecular formula is C21H26N4O2. The van der Waals surface area contributed by atoms with Crippen LogP contribution in [-0.4, -0.2) is 38.6 Å². The van der Waals surface area contributed by atoms with Crippen molar-refractivity contribution in [2.45, 2.75) is 45.4 Å². The maximum absolute atomic E-state index is 13.2. The Bertz CT molecular complexity index is 985. The largest absolute Gasteiger partial charge is 0.339 e. The fourth-order valence-corrected chi connectivity index (χ4v) is 4.00. The Hall–Kier alpha value is -2.63. The predicted octanol–water partition coefficient (Wildman–Crippen LogP) is 4.01. The standard InChI is InChI=1S/C21H26N4O2/c1-13(2)19-22-20(27-23-19)16-9-6-10-25(12-16)21(26)17-11-15-8-5-7-14(3)18(15)24(17)4/h5,7-8,11,13,16H,6,9-10,12H2,1-4H3. The van der Waals surface area contributed by atoms with Crippen LogP contribution in [-0.2, 0) is 7.05 Å². The van der Waals surface area contributed by atoms with E-state index in [9.17, 15) is 4.79 Å². The van der Waals surface area contributed by atoms with Crippen LogP contribution in [0.25, 0.3) is 10.9 Å². The molecule has 1 unspecified atom stereocenters. The second-order valence-corrected chi connectivity index (χ2v) is 7.84. The Morgan fingerprint density at radius 3 is 2.85 bits per heavy atom. The van der Waals surface area contributed by atoms with Crippen molar-refractivity contribution in [1.82, 2.24) is 19.6 Å². The summed E-state index contributed by atoms with van der Waals surface area (Å²) >= 11 is 0. The van der Waals surface area contributed by atoms with Gasteiger partial charge in [0.15, 0.2) is 5.82 Å². The molecule has 3 aromatic rings. The molecule has 4 rings (SSSR count). The molecule has 0 aliphatic carbocycles. The van der Waals surface area contributed by atoms with Crippen molar-refractivity contribution >= 4 is 16.8 Å². The average molecular weight is 366 g/mol. The van der Waals surface area contributed by atoms with Gasteiger partial charge >= 0.3 is 0 Å². The van der Waals surface area contributed by atoms with Crippen molar-refractivity contribution in [3.8, 4) is 0 Å². The highest BCUT2D eigenvalue weighted by Gasteiger charge is 2.30. The third kappa shape index (κ3) is 3.13. The molecule has 27 heavy (non-hydrogen) atoms. The molecule has 0 bridgehead atoms. The second-order valence-electron chi connectivity index (χ2n) is 7.84. The summed E-state index contributed by atoms with van der Waals surface area (Å²) in [7, 11) is 1.97. The maximum Gasteiger partial charge on any atom is 0.270 e. The van der Waals surface area contributed by atoms with Crippen LogP contribution < -0.4 is 0 Å². The first-order valence-electron chi connectivity index (χ1n) is 9.63. The first-order valence-corrected chi connectivity index (χ1v) is 9.63. The summed E-state index contributed by atoms with van der Waals surface area (Å²) in [6, 6.07) is 8.17. The summed E-state index contributed by atoms with van der Waals surface area (Å²) in [5, 5.41) is 5.18. The molecule has 0 N–H and O–H groups in total. The monoisotopic (exact) mass is 366 g/mol. The van der Waals surface area contributed by atoms with E-state index in [0.29, 0.717) is 12.4 Å². The van der Waals surface area contributed by atoms with Crippen LogP contribution in [0.2, 0.25) is 0 Å². The number of para-hydroxylation sites is 1. The zero-order valence-electron chi connectivity index (χ0n) is 16.4. The number of aromatic nitrogens is 3. The highest BCUT2D eigenvalue weighted by atomic mass is 16.5. The van der Waals surface area contributed by atoms with Crippen molar-refractivity contribution in [2.24, 2.45) is 7.05 Å². The summed E-state index contributed by atoms with van der Waals surface area (Å²) in [5.74, 6) is 1.81. The van der Waals surface area contributed by atoms with Crippen molar-refractivity contribution in [2.75, 3.05) is 13.1 Å². The summed E-state index contributed by atoms with van der Waals surface area (Å²) in [5.41, 5.74) is 3.03. The molecule has 2 aromatic heterocycles. The normalized spacial score (nSPS) is 17.8. The van der Waals surface area contributed by atoms with Gasteiger partial charge in [-0.1, -0.05) is 37.2 Å². The van der Waals surface area contributed by atoms with Gasteiger partial charge in [0.1, 0.15) is 5.69 Å². The topological polar surface area (TPSA) is 64.2 Å². The lowest BCUT2D eigenvalue weighted by atomic mass is 9.97. The van der Waals surface area contributed by atoms with Gasteiger partial charge in [0.05, 0.1) is 11.4 Å². The fraction of sp³-hybridized carbons (Fsp3) is 0.476. The van der Waals surface area contributed by atoms with Gasteiger partial charge in [-0.15, -0.1) is 0 Å². The lowest BCUT2D eigenvalue weighted by molar-refractivity contribution is 0.0686. The number of nitrogens with zero attached hydrogens (tertiary/aromatic N) is 4. The quantitative estimate of drug-likeness (QED) is 0.702. The molecule has 0 saturated carbocycles. The number of carbonyl (C=O) groups is 1. The lowest BCUT2D eigenvalue weighted by Crippen LogP contribution is -2.39. The summed E-state index contributed by atoms with van der Waals surface area (Å²) < 4.78 is 7.50. The third-order valence-corrected chi connectivity index (χ3v) is 5.51. The molecule has 0 spiro atoms. The fourth-order valence-electron chi connectivity index (χ4n) is 4.00. The molecule has 1 fully saturated rings. The SMILES string of the molecule is Cc1cccc2cc(C(=O)N3CCCC(c4nc(C(C)C)no4)C3)n(C)c12. The smallest absolute Gasteiger partial charge is 0.270 e. The molecule has 1 atom stereocenters. The number of aryl methyl sites for hydroxylation is 2. The van der Waals surface area contributed by atoms with Gasteiger partial charge < -0.3 is 14.0 Å². The van der Waals surface area contributed by atoms with E-state index in [1.54, 1.807) is 0 Å². The number of carbonyl (C=O) groups excluding carboxylic acids is 1. The predicted molar refractivity (Wildman–Crippen MR) is 104 cm³/mol. The molecule has 1 aromatic carbocycles. The Kier molecular flexibility index (Phi) is 4.50. The summed E-state index contributed by atoms with van der Waals surface area (Å²) in [6.45, 7) is 7.57. The first kappa shape index (κ1) is 17.8. The van der Waals surface area contributed by atoms with E-state index in [0.717, 1.165) is 41.8 Å². The van der Waals surface area contributed by atoms with Gasteiger partial charge in [-0.2, -0.15) is 4.98 Å². The number of likely N-dealkylation sites (tertiary alicyclic amines) is 1. The van der Waals surface area contributed by atoms with Crippen LogP contribution in [0.3, 0.4) is 0 Å². The van der Waals surface area contributed by atoms with E-state index in [2.05, 4.69) is 29.2 Å². The molecule has 1 aliphatic rings. The van der Waals surface area contributed by atoms with Crippen molar-refractivity contribution in [3.05, 3.63) is 47.2 Å². The molecule has 6 nitrogen and oxygen atoms in total. The average Bonchev–Trinajstić information content (AvgIpc) is 3.27. The van der Waals surface area contributed by atoms with E-state index in [-0.39, 0.29) is 17.7 Å². The Morgan fingerprint density at radius 2 is 2.15 bits per heavy atom. The van der Waals surface area contributed by atoms with Gasteiger partial charge in [0.2, 0.25) is 5.89 Å². The molecule has 6 heteroatoms. The van der Waals surface area contributed by atoms with Gasteiger partial charge in [0.25, 0.3) is 5.91 Å². The van der Waals surface area contributed by atoms with Gasteiger partial charge in [-0.25, -0.2) is 0 Å². The van der Waals surface area contributed by atoms with E-state index in [4.69, 9.17) is 4.52 Å². The van der Waals surface area contributed by atoms with Gasteiger partial charge in [-0.05, 0) is 31.4 Å². The van der Waals surface area contributed by atoms with Crippen LogP contribution in [0.5, 0.6) is 0 Å². The number of hydrogen-bond donors (Lipinski definition) is 0. The van der Waals surface area contributed by atoms with E-state index in [1.165, 1.54) is 5.56 Å². The van der Waals surface area contributed by atoms with Crippen molar-refractivity contribution in [3.63, 3.8) is 0 Å². The Morgan fingerprint density at radius 1 is 1.33 bits per heavy atom. The van der Waals surface area contributed by atoms with Crippen molar-refractivity contribution in [1.29, 1.82) is 0 Å². The van der Waals surface area contributed by atoms with Crippen LogP contribution in [0.15, 0.2) is 28.8 Å². The number of amides is 1. The number of benzene rings is 1.